The highest BCUT2D eigenvalue weighted by atomic mass is 32.2. The molecule has 8 nitrogen and oxygen atoms in total. The molecule has 0 saturated carbocycles. The van der Waals surface area contributed by atoms with E-state index in [1.54, 1.807) is 19.2 Å². The van der Waals surface area contributed by atoms with E-state index in [9.17, 15) is 30.4 Å². The number of primary sulfonamides is 1. The molecule has 0 unspecified atom stereocenters. The number of nitrogens with two attached hydrogens (primary N) is 1. The van der Waals surface area contributed by atoms with E-state index >= 15 is 0 Å². The van der Waals surface area contributed by atoms with Crippen LogP contribution in [0.4, 0.5) is 33.3 Å². The lowest BCUT2D eigenvalue weighted by atomic mass is 10.0. The molecule has 0 amide bonds. The summed E-state index contributed by atoms with van der Waals surface area (Å²) >= 11 is 1.16. The largest absolute Gasteiger partial charge is 0.433 e. The van der Waals surface area contributed by atoms with Crippen LogP contribution in [0.3, 0.4) is 0 Å². The quantitative estimate of drug-likeness (QED) is 0.193. The van der Waals surface area contributed by atoms with Gasteiger partial charge in [-0.1, -0.05) is 24.0 Å². The van der Waals surface area contributed by atoms with Crippen LogP contribution in [0.1, 0.15) is 23.3 Å². The normalized spacial score (nSPS) is 15.0. The lowest BCUT2D eigenvalue weighted by molar-refractivity contribution is -0.126. The molecule has 2 aromatic carbocycles. The Morgan fingerprint density at radius 2 is 1.91 bits per heavy atom. The molecule has 43 heavy (non-hydrogen) atoms. The maximum Gasteiger partial charge on any atom is 0.393 e. The maximum atomic E-state index is 13.6. The van der Waals surface area contributed by atoms with Crippen LogP contribution in [0.2, 0.25) is 0 Å². The third-order valence-electron chi connectivity index (χ3n) is 6.82. The Morgan fingerprint density at radius 3 is 2.56 bits per heavy atom. The summed E-state index contributed by atoms with van der Waals surface area (Å²) < 4.78 is 100.0. The van der Waals surface area contributed by atoms with Crippen molar-refractivity contribution >= 4 is 42.8 Å². The van der Waals surface area contributed by atoms with Crippen LogP contribution in [0.5, 0.6) is 5.75 Å². The van der Waals surface area contributed by atoms with E-state index < -0.39 is 39.9 Å². The highest BCUT2D eigenvalue weighted by molar-refractivity contribution is 7.89. The van der Waals surface area contributed by atoms with Gasteiger partial charge in [0.05, 0.1) is 45.4 Å². The Bertz CT molecular complexity index is 1580. The van der Waals surface area contributed by atoms with E-state index in [0.29, 0.717) is 16.7 Å². The smallest absolute Gasteiger partial charge is 0.393 e. The number of hydrogen-bond donors (Lipinski definition) is 3. The van der Waals surface area contributed by atoms with E-state index in [4.69, 9.17) is 9.88 Å². The van der Waals surface area contributed by atoms with Crippen molar-refractivity contribution in [2.45, 2.75) is 43.0 Å². The van der Waals surface area contributed by atoms with Crippen LogP contribution < -0.4 is 20.5 Å². The second-order valence-electron chi connectivity index (χ2n) is 9.87. The number of rotatable bonds is 11. The number of halogens is 5. The van der Waals surface area contributed by atoms with Gasteiger partial charge in [0.1, 0.15) is 0 Å². The van der Waals surface area contributed by atoms with Crippen LogP contribution in [0, 0.1) is 11.8 Å². The number of alkyl halides is 5. The van der Waals surface area contributed by atoms with E-state index in [2.05, 4.69) is 32.1 Å². The predicted octanol–water partition coefficient (Wildman–Crippen LogP) is 5.24. The van der Waals surface area contributed by atoms with E-state index in [0.717, 1.165) is 61.6 Å². The summed E-state index contributed by atoms with van der Waals surface area (Å²) in [4.78, 5) is 2.13. The van der Waals surface area contributed by atoms with Gasteiger partial charge < -0.3 is 25.0 Å². The molecule has 4 rings (SSSR count). The van der Waals surface area contributed by atoms with Gasteiger partial charge in [-0.15, -0.1) is 11.3 Å². The third-order valence-corrected chi connectivity index (χ3v) is 8.93. The van der Waals surface area contributed by atoms with Crippen LogP contribution in [-0.2, 0) is 21.2 Å². The maximum absolute atomic E-state index is 13.6. The number of hydrogen-bond acceptors (Lipinski definition) is 8. The Labute approximate surface area is 250 Å². The molecule has 2 heterocycles. The monoisotopic (exact) mass is 646 g/mol. The van der Waals surface area contributed by atoms with Crippen molar-refractivity contribution in [1.29, 1.82) is 0 Å². The van der Waals surface area contributed by atoms with Crippen LogP contribution >= 0.6 is 11.3 Å². The summed E-state index contributed by atoms with van der Waals surface area (Å²) in [5.74, 6) is 5.08. The number of nitrogens with one attached hydrogen (secondary N) is 2. The molecular formula is C28H31F5N4O4S2. The number of thiophene rings is 1. The van der Waals surface area contributed by atoms with E-state index in [1.165, 1.54) is 6.07 Å². The van der Waals surface area contributed by atoms with Gasteiger partial charge in [-0.25, -0.2) is 13.6 Å². The van der Waals surface area contributed by atoms with Crippen molar-refractivity contribution in [1.82, 2.24) is 4.90 Å². The average Bonchev–Trinajstić information content (AvgIpc) is 3.27. The molecule has 0 bridgehead atoms. The van der Waals surface area contributed by atoms with Gasteiger partial charge in [0.25, 0.3) is 0 Å². The number of ether oxygens (including phenoxy) is 2. The topological polar surface area (TPSA) is 106 Å². The molecule has 1 aliphatic rings. The number of piperidine rings is 1. The predicted molar refractivity (Wildman–Crippen MR) is 156 cm³/mol. The van der Waals surface area contributed by atoms with Gasteiger partial charge >= 0.3 is 12.8 Å². The SMILES string of the molecule is COCCN1CCC(Nc2cccc3c(CC(F)(F)F)c(C#CCNc4ccc(S(N)(=O)=O)cc4OC(F)F)sc23)CC1. The summed E-state index contributed by atoms with van der Waals surface area (Å²) in [7, 11) is -2.51. The number of benzene rings is 2. The zero-order valence-electron chi connectivity index (χ0n) is 23.1. The number of likely N-dealkylation sites (tertiary alicyclic amines) is 1. The molecule has 1 fully saturated rings. The minimum Gasteiger partial charge on any atom is -0.433 e. The Hall–Kier alpha value is -3.16. The number of anilines is 2. The van der Waals surface area contributed by atoms with Crippen molar-refractivity contribution in [2.24, 2.45) is 5.14 Å². The number of nitrogens with zero attached hydrogens (tertiary/aromatic N) is 1. The minimum absolute atomic E-state index is 0.00797. The number of sulfonamides is 1. The second-order valence-corrected chi connectivity index (χ2v) is 12.5. The minimum atomic E-state index is -4.46. The number of methoxy groups -OCH3 is 1. The first-order chi connectivity index (χ1) is 20.3. The molecule has 4 N–H and O–H groups in total. The molecule has 0 aliphatic carbocycles. The van der Waals surface area contributed by atoms with Crippen molar-refractivity contribution in [2.75, 3.05) is 50.5 Å². The Kier molecular flexibility index (Phi) is 10.7. The Morgan fingerprint density at radius 1 is 1.16 bits per heavy atom. The summed E-state index contributed by atoms with van der Waals surface area (Å²) in [6, 6.07) is 8.53. The molecule has 15 heteroatoms. The molecule has 234 valence electrons. The van der Waals surface area contributed by atoms with Crippen molar-refractivity contribution in [3.63, 3.8) is 0 Å². The van der Waals surface area contributed by atoms with Crippen LogP contribution in [0.15, 0.2) is 41.3 Å². The molecule has 0 radical (unpaired) electrons. The zero-order valence-corrected chi connectivity index (χ0v) is 24.8. The lowest BCUT2D eigenvalue weighted by Gasteiger charge is -2.32. The second kappa shape index (κ2) is 14.1. The molecule has 1 aromatic heterocycles. The summed E-state index contributed by atoms with van der Waals surface area (Å²) in [5, 5.41) is 11.8. The highest BCUT2D eigenvalue weighted by Gasteiger charge is 2.31. The molecule has 0 atom stereocenters. The van der Waals surface area contributed by atoms with Gasteiger partial charge in [-0.2, -0.15) is 22.0 Å². The average molecular weight is 647 g/mol. The van der Waals surface area contributed by atoms with Crippen LogP contribution in [-0.4, -0.2) is 72.0 Å². The first-order valence-corrected chi connectivity index (χ1v) is 15.6. The fourth-order valence-electron chi connectivity index (χ4n) is 4.79. The summed E-state index contributed by atoms with van der Waals surface area (Å²) in [5.41, 5.74) is 0.821. The van der Waals surface area contributed by atoms with Gasteiger partial charge in [0.2, 0.25) is 10.0 Å². The van der Waals surface area contributed by atoms with Crippen LogP contribution in [0.25, 0.3) is 10.1 Å². The lowest BCUT2D eigenvalue weighted by Crippen LogP contribution is -2.40. The first kappa shape index (κ1) is 32.7. The fraction of sp³-hybridized carbons (Fsp3) is 0.429. The first-order valence-electron chi connectivity index (χ1n) is 13.3. The number of fused-ring (bicyclic) bond motifs is 1. The summed E-state index contributed by atoms with van der Waals surface area (Å²) in [6.45, 7) is -0.108. The fourth-order valence-corrected chi connectivity index (χ4v) is 6.49. The molecule has 3 aromatic rings. The zero-order chi connectivity index (χ0) is 31.2. The van der Waals surface area contributed by atoms with Crippen molar-refractivity contribution in [3.05, 3.63) is 46.8 Å². The molecular weight excluding hydrogens is 615 g/mol. The van der Waals surface area contributed by atoms with Gasteiger partial charge in [0.15, 0.2) is 5.75 Å². The van der Waals surface area contributed by atoms with Gasteiger partial charge in [-0.05, 0) is 42.0 Å². The van der Waals surface area contributed by atoms with Gasteiger partial charge in [-0.3, -0.25) is 0 Å². The van der Waals surface area contributed by atoms with Gasteiger partial charge in [0, 0.05) is 38.9 Å². The highest BCUT2D eigenvalue weighted by Crippen LogP contribution is 2.39. The molecule has 1 aliphatic heterocycles. The summed E-state index contributed by atoms with van der Waals surface area (Å²) in [6.07, 6.45) is -3.86. The third kappa shape index (κ3) is 9.16. The standard InChI is InChI=1S/C28H31F5N4O4S2/c1-40-15-14-37-12-9-18(10-13-37)36-23-5-2-4-20-21(17-28(31,32)33)25(42-26(20)23)6-3-11-35-22-8-7-19(43(34,38)39)16-24(22)41-27(29)30/h2,4-5,7-8,16,18,27,35-36H,9-15,17H2,1H3,(H2,34,38,39). The molecule has 1 saturated heterocycles. The Balaban J connectivity index is 1.55. The van der Waals surface area contributed by atoms with E-state index in [1.807, 2.05) is 6.07 Å². The van der Waals surface area contributed by atoms with Crippen molar-refractivity contribution in [3.8, 4) is 17.6 Å². The molecule has 0 spiro atoms. The van der Waals surface area contributed by atoms with Crippen molar-refractivity contribution < 1.29 is 39.8 Å². The van der Waals surface area contributed by atoms with E-state index in [-0.39, 0.29) is 28.7 Å².